The quantitative estimate of drug-likeness (QED) is 0.843. The van der Waals surface area contributed by atoms with Crippen molar-refractivity contribution in [2.24, 2.45) is 4.99 Å². The topological polar surface area (TPSA) is 50.7 Å². The molecule has 1 heterocycles. The molecule has 0 aliphatic carbocycles. The van der Waals surface area contributed by atoms with Gasteiger partial charge in [-0.15, -0.1) is 0 Å². The highest BCUT2D eigenvalue weighted by Crippen LogP contribution is 2.31. The van der Waals surface area contributed by atoms with Crippen molar-refractivity contribution in [3.8, 4) is 0 Å². The fourth-order valence-electron chi connectivity index (χ4n) is 1.45. The Morgan fingerprint density at radius 1 is 1.42 bits per heavy atom. The van der Waals surface area contributed by atoms with Crippen LogP contribution in [0, 0.1) is 0 Å². The summed E-state index contributed by atoms with van der Waals surface area (Å²) in [5.74, 6) is 0. The molecule has 1 atom stereocenters. The second kappa shape index (κ2) is 5.22. The Morgan fingerprint density at radius 2 is 2.00 bits per heavy atom. The highest BCUT2D eigenvalue weighted by atomic mass is 19.4. The first-order valence-electron chi connectivity index (χ1n) is 5.81. The van der Waals surface area contributed by atoms with Crippen LogP contribution in [0.1, 0.15) is 34.1 Å². The van der Waals surface area contributed by atoms with Gasteiger partial charge in [0.2, 0.25) is 0 Å². The molecular weight excluding hydrogens is 261 g/mol. The molecule has 0 bridgehead atoms. The van der Waals surface area contributed by atoms with Crippen LogP contribution >= 0.6 is 0 Å². The molecule has 1 rings (SSSR count). The third-order valence-electron chi connectivity index (χ3n) is 2.35. The predicted octanol–water partition coefficient (Wildman–Crippen LogP) is 3.19. The van der Waals surface area contributed by atoms with E-state index < -0.39 is 29.5 Å². The Hall–Kier alpha value is -1.53. The van der Waals surface area contributed by atoms with E-state index in [-0.39, 0.29) is 12.1 Å². The maximum absolute atomic E-state index is 12.4. The van der Waals surface area contributed by atoms with Gasteiger partial charge in [-0.1, -0.05) is 0 Å². The molecule has 108 valence electrons. The largest absolute Gasteiger partial charge is 0.444 e. The van der Waals surface area contributed by atoms with Crippen LogP contribution < -0.4 is 5.32 Å². The highest BCUT2D eigenvalue weighted by molar-refractivity contribution is 5.95. The van der Waals surface area contributed by atoms with Gasteiger partial charge in [0.1, 0.15) is 5.60 Å². The summed E-state index contributed by atoms with van der Waals surface area (Å²) in [7, 11) is 0. The number of amides is 1. The fourth-order valence-corrected chi connectivity index (χ4v) is 1.45. The summed E-state index contributed by atoms with van der Waals surface area (Å²) < 4.78 is 42.3. The van der Waals surface area contributed by atoms with E-state index in [0.29, 0.717) is 0 Å². The van der Waals surface area contributed by atoms with Crippen LogP contribution in [0.4, 0.5) is 18.0 Å². The summed E-state index contributed by atoms with van der Waals surface area (Å²) in [4.78, 5) is 15.2. The minimum Gasteiger partial charge on any atom is -0.444 e. The van der Waals surface area contributed by atoms with Crippen LogP contribution in [0.2, 0.25) is 0 Å². The van der Waals surface area contributed by atoms with Gasteiger partial charge in [0.15, 0.2) is 0 Å². The Kier molecular flexibility index (Phi) is 4.27. The molecule has 0 saturated carbocycles. The van der Waals surface area contributed by atoms with Gasteiger partial charge < -0.3 is 10.1 Å². The minimum absolute atomic E-state index is 0.262. The number of rotatable bonds is 2. The van der Waals surface area contributed by atoms with Gasteiger partial charge in [-0.25, -0.2) is 4.79 Å². The van der Waals surface area contributed by atoms with Crippen molar-refractivity contribution in [1.29, 1.82) is 0 Å². The lowest BCUT2D eigenvalue weighted by Crippen LogP contribution is -2.41. The van der Waals surface area contributed by atoms with E-state index in [1.165, 1.54) is 0 Å². The van der Waals surface area contributed by atoms with Crippen molar-refractivity contribution in [2.75, 3.05) is 0 Å². The van der Waals surface area contributed by atoms with Gasteiger partial charge in [0.25, 0.3) is 0 Å². The normalized spacial score (nSPS) is 17.6. The van der Waals surface area contributed by atoms with Crippen LogP contribution in [-0.2, 0) is 4.74 Å². The van der Waals surface area contributed by atoms with Gasteiger partial charge >= 0.3 is 12.3 Å². The summed E-state index contributed by atoms with van der Waals surface area (Å²) in [5.41, 5.74) is -1.10. The Labute approximate surface area is 109 Å². The number of alkyl carbamates (subject to hydrolysis) is 1. The molecular formula is C12H17F3N2O2. The fraction of sp³-hybridized carbons (Fsp3) is 0.667. The van der Waals surface area contributed by atoms with E-state index in [1.54, 1.807) is 27.7 Å². The summed E-state index contributed by atoms with van der Waals surface area (Å²) >= 11 is 0. The molecule has 0 unspecified atom stereocenters. The monoisotopic (exact) mass is 278 g/mol. The number of allylic oxidation sites excluding steroid dienone is 1. The molecule has 1 aliphatic heterocycles. The number of hydrogen-bond acceptors (Lipinski definition) is 3. The van der Waals surface area contributed by atoms with Gasteiger partial charge in [-0.05, 0) is 27.7 Å². The third-order valence-corrected chi connectivity index (χ3v) is 2.35. The smallest absolute Gasteiger partial charge is 0.414 e. The molecule has 1 N–H and O–H groups in total. The number of aliphatic imine (C=N–C) groups is 1. The van der Waals surface area contributed by atoms with E-state index in [0.717, 1.165) is 6.20 Å². The maximum Gasteiger partial charge on any atom is 0.414 e. The summed E-state index contributed by atoms with van der Waals surface area (Å²) in [6.07, 6.45) is -4.57. The van der Waals surface area contributed by atoms with Crippen LogP contribution in [0.25, 0.3) is 0 Å². The Balaban J connectivity index is 2.50. The summed E-state index contributed by atoms with van der Waals surface area (Å²) in [5, 5.41) is 2.46. The van der Waals surface area contributed by atoms with Crippen LogP contribution in [-0.4, -0.2) is 29.6 Å². The van der Waals surface area contributed by atoms with Gasteiger partial charge in [-0.2, -0.15) is 13.2 Å². The van der Waals surface area contributed by atoms with Gasteiger partial charge in [-0.3, -0.25) is 4.99 Å². The third kappa shape index (κ3) is 4.92. The average molecular weight is 278 g/mol. The van der Waals surface area contributed by atoms with Crippen molar-refractivity contribution < 1.29 is 22.7 Å². The van der Waals surface area contributed by atoms with Crippen molar-refractivity contribution >= 4 is 11.8 Å². The lowest BCUT2D eigenvalue weighted by molar-refractivity contribution is -0.0923. The molecule has 19 heavy (non-hydrogen) atoms. The standard InChI is InChI=1S/C12H17F3N2O2/c1-7(17-10(18)19-11(2,3)4)9-5-8(6-16-9)12(13,14)15/h6-7H,5H2,1-4H3,(H,17,18)/t7-/m0/s1. The molecule has 1 amide bonds. The van der Waals surface area contributed by atoms with E-state index in [1.807, 2.05) is 0 Å². The first-order chi connectivity index (χ1) is 8.49. The molecule has 4 nitrogen and oxygen atoms in total. The van der Waals surface area contributed by atoms with E-state index in [9.17, 15) is 18.0 Å². The number of nitrogens with zero attached hydrogens (tertiary/aromatic N) is 1. The number of carbonyl (C=O) groups is 1. The van der Waals surface area contributed by atoms with Crippen LogP contribution in [0.3, 0.4) is 0 Å². The number of alkyl halides is 3. The zero-order valence-corrected chi connectivity index (χ0v) is 11.3. The van der Waals surface area contributed by atoms with E-state index in [2.05, 4.69) is 10.3 Å². The second-order valence-electron chi connectivity index (χ2n) is 5.32. The highest BCUT2D eigenvalue weighted by Gasteiger charge is 2.37. The first kappa shape index (κ1) is 15.5. The molecule has 0 spiro atoms. The molecule has 0 fully saturated rings. The predicted molar refractivity (Wildman–Crippen MR) is 65.0 cm³/mol. The SMILES string of the molecule is C[C@H](NC(=O)OC(C)(C)C)C1=NC=C(C(F)(F)F)C1. The minimum atomic E-state index is -4.38. The Bertz CT molecular complexity index is 420. The molecule has 0 aromatic carbocycles. The summed E-state index contributed by atoms with van der Waals surface area (Å²) in [6, 6.07) is -0.606. The number of ether oxygens (including phenoxy) is 1. The molecule has 0 radical (unpaired) electrons. The molecule has 7 heteroatoms. The van der Waals surface area contributed by atoms with Gasteiger partial charge in [0, 0.05) is 18.3 Å². The van der Waals surface area contributed by atoms with E-state index in [4.69, 9.17) is 4.74 Å². The number of nitrogens with one attached hydrogen (secondary N) is 1. The average Bonchev–Trinajstić information content (AvgIpc) is 2.61. The molecule has 0 aromatic rings. The van der Waals surface area contributed by atoms with Crippen molar-refractivity contribution in [2.45, 2.75) is 51.9 Å². The van der Waals surface area contributed by atoms with Crippen molar-refractivity contribution in [3.63, 3.8) is 0 Å². The number of hydrogen-bond donors (Lipinski definition) is 1. The number of halogens is 3. The van der Waals surface area contributed by atoms with Gasteiger partial charge in [0.05, 0.1) is 11.6 Å². The van der Waals surface area contributed by atoms with E-state index >= 15 is 0 Å². The molecule has 0 aromatic heterocycles. The second-order valence-corrected chi connectivity index (χ2v) is 5.32. The Morgan fingerprint density at radius 3 is 2.42 bits per heavy atom. The summed E-state index contributed by atoms with van der Waals surface area (Å²) in [6.45, 7) is 6.67. The number of carbonyl (C=O) groups excluding carboxylic acids is 1. The zero-order valence-electron chi connectivity index (χ0n) is 11.3. The van der Waals surface area contributed by atoms with Crippen molar-refractivity contribution in [1.82, 2.24) is 5.32 Å². The van der Waals surface area contributed by atoms with Crippen LogP contribution in [0.5, 0.6) is 0 Å². The van der Waals surface area contributed by atoms with Crippen LogP contribution in [0.15, 0.2) is 16.8 Å². The van der Waals surface area contributed by atoms with Crippen molar-refractivity contribution in [3.05, 3.63) is 11.8 Å². The lowest BCUT2D eigenvalue weighted by Gasteiger charge is -2.22. The zero-order chi connectivity index (χ0) is 14.8. The molecule has 1 aliphatic rings. The molecule has 0 saturated heterocycles. The first-order valence-corrected chi connectivity index (χ1v) is 5.81. The lowest BCUT2D eigenvalue weighted by atomic mass is 10.1. The maximum atomic E-state index is 12.4.